The number of pyridine rings is 1. The van der Waals surface area contributed by atoms with E-state index in [4.69, 9.17) is 9.84 Å². The second-order valence-electron chi connectivity index (χ2n) is 4.51. The molecule has 0 bridgehead atoms. The van der Waals surface area contributed by atoms with E-state index in [1.165, 1.54) is 4.40 Å². The van der Waals surface area contributed by atoms with Crippen molar-refractivity contribution in [2.24, 2.45) is 0 Å². The molecule has 0 fully saturated rings. The van der Waals surface area contributed by atoms with Gasteiger partial charge in [-0.3, -0.25) is 9.69 Å². The lowest BCUT2D eigenvalue weighted by Gasteiger charge is -2.19. The second-order valence-corrected chi connectivity index (χ2v) is 4.51. The number of carbonyl (C=O) groups excluding carboxylic acids is 1. The van der Waals surface area contributed by atoms with Gasteiger partial charge in [-0.1, -0.05) is 6.07 Å². The molecule has 2 heterocycles. The highest BCUT2D eigenvalue weighted by molar-refractivity contribution is 5.80. The van der Waals surface area contributed by atoms with Crippen molar-refractivity contribution in [3.63, 3.8) is 0 Å². The number of aliphatic hydroxyl groups is 1. The fourth-order valence-electron chi connectivity index (χ4n) is 1.98. The summed E-state index contributed by atoms with van der Waals surface area (Å²) in [4.78, 5) is 26.0. The molecule has 21 heavy (non-hydrogen) atoms. The van der Waals surface area contributed by atoms with E-state index in [9.17, 15) is 9.59 Å². The molecular weight excluding hydrogens is 276 g/mol. The Hall–Kier alpha value is -2.03. The van der Waals surface area contributed by atoms with Gasteiger partial charge in [0, 0.05) is 26.4 Å². The maximum absolute atomic E-state index is 12.2. The topological polar surface area (TPSA) is 89.1 Å². The number of fused-ring (bicyclic) bond motifs is 1. The third-order valence-corrected chi connectivity index (χ3v) is 3.05. The lowest BCUT2D eigenvalue weighted by atomic mass is 10.4. The van der Waals surface area contributed by atoms with Crippen LogP contribution in [0.4, 0.5) is 0 Å². The third kappa shape index (κ3) is 3.54. The summed E-state index contributed by atoms with van der Waals surface area (Å²) in [6, 6.07) is 5.09. The smallest absolute Gasteiger partial charge is 0.357 e. The summed E-state index contributed by atoms with van der Waals surface area (Å²) in [6.07, 6.45) is 1.56. The van der Waals surface area contributed by atoms with Gasteiger partial charge >= 0.3 is 5.69 Å². The Balaban J connectivity index is 2.17. The van der Waals surface area contributed by atoms with Gasteiger partial charge in [-0.15, -0.1) is 9.78 Å². The summed E-state index contributed by atoms with van der Waals surface area (Å²) in [6.45, 7) is 1.18. The summed E-state index contributed by atoms with van der Waals surface area (Å²) < 4.78 is 7.12. The van der Waals surface area contributed by atoms with E-state index in [0.29, 0.717) is 25.3 Å². The van der Waals surface area contributed by atoms with E-state index < -0.39 is 11.6 Å². The second kappa shape index (κ2) is 7.11. The van der Waals surface area contributed by atoms with Gasteiger partial charge in [0.15, 0.2) is 5.65 Å². The fraction of sp³-hybridized carbons (Fsp3) is 0.462. The summed E-state index contributed by atoms with van der Waals surface area (Å²) >= 11 is 0. The lowest BCUT2D eigenvalue weighted by molar-refractivity contribution is 0.0772. The van der Waals surface area contributed by atoms with Crippen molar-refractivity contribution in [3.8, 4) is 0 Å². The highest BCUT2D eigenvalue weighted by atomic mass is 16.5. The van der Waals surface area contributed by atoms with Crippen molar-refractivity contribution in [2.75, 3.05) is 40.0 Å². The number of methoxy groups -OCH3 is 1. The molecule has 0 amide bonds. The largest absolute Gasteiger partial charge is 0.395 e. The number of nitrogens with zero attached hydrogens (tertiary/aromatic N) is 4. The monoisotopic (exact) mass is 294 g/mol. The molecule has 0 atom stereocenters. The Bertz CT molecular complexity index is 663. The molecule has 0 saturated carbocycles. The van der Waals surface area contributed by atoms with Crippen LogP contribution in [0.2, 0.25) is 0 Å². The zero-order valence-electron chi connectivity index (χ0n) is 11.8. The first-order valence-corrected chi connectivity index (χ1v) is 6.59. The van der Waals surface area contributed by atoms with Crippen LogP contribution in [0.5, 0.6) is 0 Å². The Labute approximate surface area is 121 Å². The number of aliphatic hydroxyl groups excluding tert-OH is 1. The number of carbonyl (C=O) groups is 1. The highest BCUT2D eigenvalue weighted by Crippen LogP contribution is 1.96. The van der Waals surface area contributed by atoms with E-state index in [1.807, 2.05) is 0 Å². The van der Waals surface area contributed by atoms with E-state index in [0.717, 1.165) is 4.68 Å². The molecule has 2 aromatic rings. The number of ether oxygens (including phenoxy) is 1. The van der Waals surface area contributed by atoms with Crippen molar-refractivity contribution in [1.82, 2.24) is 19.1 Å². The summed E-state index contributed by atoms with van der Waals surface area (Å²) in [5, 5.41) is 13.0. The number of aromatic nitrogens is 3. The third-order valence-electron chi connectivity index (χ3n) is 3.05. The van der Waals surface area contributed by atoms with E-state index >= 15 is 0 Å². The molecule has 8 nitrogen and oxygen atoms in total. The van der Waals surface area contributed by atoms with Gasteiger partial charge in [-0.2, -0.15) is 0 Å². The van der Waals surface area contributed by atoms with Crippen LogP contribution in [-0.2, 0) is 4.74 Å². The summed E-state index contributed by atoms with van der Waals surface area (Å²) in [5.74, 6) is -0.437. The van der Waals surface area contributed by atoms with Gasteiger partial charge in [0.05, 0.1) is 19.8 Å². The molecule has 0 unspecified atom stereocenters. The molecule has 114 valence electrons. The molecule has 8 heteroatoms. The predicted octanol–water partition coefficient (Wildman–Crippen LogP) is -0.923. The normalized spacial score (nSPS) is 11.4. The minimum atomic E-state index is -0.494. The van der Waals surface area contributed by atoms with Crippen molar-refractivity contribution < 1.29 is 14.6 Å². The van der Waals surface area contributed by atoms with Crippen LogP contribution in [-0.4, -0.2) is 70.1 Å². The van der Waals surface area contributed by atoms with Gasteiger partial charge in [0.1, 0.15) is 0 Å². The van der Waals surface area contributed by atoms with Crippen LogP contribution in [0, 0.1) is 0 Å². The summed E-state index contributed by atoms with van der Waals surface area (Å²) in [7, 11) is 1.56. The molecular formula is C13H18N4O4. The van der Waals surface area contributed by atoms with Crippen molar-refractivity contribution in [2.45, 2.75) is 0 Å². The fourth-order valence-corrected chi connectivity index (χ4v) is 1.98. The molecule has 0 aliphatic heterocycles. The zero-order valence-corrected chi connectivity index (χ0v) is 11.8. The Morgan fingerprint density at radius 1 is 1.43 bits per heavy atom. The van der Waals surface area contributed by atoms with Crippen LogP contribution >= 0.6 is 0 Å². The molecule has 0 spiro atoms. The molecule has 0 aliphatic carbocycles. The standard InChI is InChI=1S/C13H18N4O4/c1-21-9-7-15(6-8-18)10-12(19)17-13(20)16-5-3-2-4-11(16)14-17/h2-5,18H,6-10H2,1H3. The summed E-state index contributed by atoms with van der Waals surface area (Å²) in [5.41, 5.74) is -0.0762. The van der Waals surface area contributed by atoms with Gasteiger partial charge in [-0.05, 0) is 12.1 Å². The zero-order chi connectivity index (χ0) is 15.2. The molecule has 0 aliphatic rings. The van der Waals surface area contributed by atoms with Crippen molar-refractivity contribution in [3.05, 3.63) is 34.9 Å². The van der Waals surface area contributed by atoms with E-state index in [1.54, 1.807) is 36.4 Å². The first-order valence-electron chi connectivity index (χ1n) is 6.59. The minimum absolute atomic E-state index is 0.00624. The SMILES string of the molecule is COCCN(CCO)CC(=O)n1nc2ccccn2c1=O. The van der Waals surface area contributed by atoms with Gasteiger partial charge in [-0.25, -0.2) is 9.20 Å². The Kier molecular flexibility index (Phi) is 5.20. The molecule has 2 aromatic heterocycles. The van der Waals surface area contributed by atoms with E-state index in [2.05, 4.69) is 5.10 Å². The van der Waals surface area contributed by atoms with Crippen LogP contribution in [0.3, 0.4) is 0 Å². The quantitative estimate of drug-likeness (QED) is 0.710. The molecule has 2 rings (SSSR count). The molecule has 0 saturated heterocycles. The highest BCUT2D eigenvalue weighted by Gasteiger charge is 2.17. The Morgan fingerprint density at radius 3 is 2.90 bits per heavy atom. The lowest BCUT2D eigenvalue weighted by Crippen LogP contribution is -2.40. The minimum Gasteiger partial charge on any atom is -0.395 e. The maximum Gasteiger partial charge on any atom is 0.357 e. The van der Waals surface area contributed by atoms with Gasteiger partial charge < -0.3 is 9.84 Å². The van der Waals surface area contributed by atoms with Crippen molar-refractivity contribution in [1.29, 1.82) is 0 Å². The van der Waals surface area contributed by atoms with E-state index in [-0.39, 0.29) is 13.2 Å². The number of rotatable bonds is 7. The average Bonchev–Trinajstić information content (AvgIpc) is 2.83. The van der Waals surface area contributed by atoms with Crippen LogP contribution in [0.15, 0.2) is 29.2 Å². The maximum atomic E-state index is 12.2. The molecule has 1 N–H and O–H groups in total. The van der Waals surface area contributed by atoms with Crippen molar-refractivity contribution >= 4 is 11.6 Å². The van der Waals surface area contributed by atoms with Gasteiger partial charge in [0.25, 0.3) is 5.91 Å². The average molecular weight is 294 g/mol. The number of hydrogen-bond acceptors (Lipinski definition) is 6. The first-order chi connectivity index (χ1) is 10.2. The van der Waals surface area contributed by atoms with Crippen LogP contribution in [0.1, 0.15) is 4.79 Å². The first kappa shape index (κ1) is 15.4. The van der Waals surface area contributed by atoms with Crippen LogP contribution in [0.25, 0.3) is 5.65 Å². The Morgan fingerprint density at radius 2 is 2.24 bits per heavy atom. The predicted molar refractivity (Wildman–Crippen MR) is 75.5 cm³/mol. The molecule has 0 radical (unpaired) electrons. The van der Waals surface area contributed by atoms with Gasteiger partial charge in [0.2, 0.25) is 0 Å². The molecule has 0 aromatic carbocycles. The number of hydrogen-bond donors (Lipinski definition) is 1. The van der Waals surface area contributed by atoms with Crippen LogP contribution < -0.4 is 5.69 Å².